The minimum Gasteiger partial charge on any atom is -0.496 e. The SMILES string of the molecule is COc1cc(NC(=O)C(=O)NC2(CO)CCCC2)ccc1C1=CC=C(C)OC1. The minimum atomic E-state index is -0.770. The largest absolute Gasteiger partial charge is 0.496 e. The van der Waals surface area contributed by atoms with Crippen molar-refractivity contribution in [1.29, 1.82) is 0 Å². The van der Waals surface area contributed by atoms with E-state index in [4.69, 9.17) is 9.47 Å². The Hall–Kier alpha value is -2.80. The van der Waals surface area contributed by atoms with Crippen LogP contribution in [0.4, 0.5) is 5.69 Å². The first-order valence-corrected chi connectivity index (χ1v) is 9.39. The number of aliphatic hydroxyl groups is 1. The molecule has 3 rings (SSSR count). The number of ether oxygens (including phenoxy) is 2. The zero-order chi connectivity index (χ0) is 20.1. The van der Waals surface area contributed by atoms with Crippen molar-refractivity contribution in [3.63, 3.8) is 0 Å². The fourth-order valence-corrected chi connectivity index (χ4v) is 3.57. The van der Waals surface area contributed by atoms with Crippen molar-refractivity contribution < 1.29 is 24.2 Å². The van der Waals surface area contributed by atoms with Gasteiger partial charge in [0.25, 0.3) is 0 Å². The van der Waals surface area contributed by atoms with Crippen LogP contribution in [-0.2, 0) is 14.3 Å². The van der Waals surface area contributed by atoms with Crippen molar-refractivity contribution in [2.45, 2.75) is 38.1 Å². The van der Waals surface area contributed by atoms with Crippen molar-refractivity contribution in [3.05, 3.63) is 41.7 Å². The smallest absolute Gasteiger partial charge is 0.313 e. The number of anilines is 1. The van der Waals surface area contributed by atoms with Crippen LogP contribution in [0.3, 0.4) is 0 Å². The summed E-state index contributed by atoms with van der Waals surface area (Å²) in [7, 11) is 1.55. The molecule has 2 amide bonds. The van der Waals surface area contributed by atoms with Gasteiger partial charge in [-0.15, -0.1) is 0 Å². The minimum absolute atomic E-state index is 0.167. The monoisotopic (exact) mass is 386 g/mol. The summed E-state index contributed by atoms with van der Waals surface area (Å²) in [5.74, 6) is -0.0968. The molecule has 0 atom stereocenters. The maximum atomic E-state index is 12.3. The normalized spacial score (nSPS) is 17.8. The van der Waals surface area contributed by atoms with E-state index in [0.717, 1.165) is 29.7 Å². The van der Waals surface area contributed by atoms with Gasteiger partial charge in [-0.3, -0.25) is 9.59 Å². The molecule has 0 spiro atoms. The van der Waals surface area contributed by atoms with E-state index in [2.05, 4.69) is 10.6 Å². The third kappa shape index (κ3) is 4.36. The van der Waals surface area contributed by atoms with Gasteiger partial charge in [-0.1, -0.05) is 18.9 Å². The quantitative estimate of drug-likeness (QED) is 0.675. The van der Waals surface area contributed by atoms with Gasteiger partial charge in [0, 0.05) is 22.9 Å². The molecule has 3 N–H and O–H groups in total. The standard InChI is InChI=1S/C21H26N2O5/c1-14-5-6-15(12-28-14)17-8-7-16(11-18(17)27-2)22-19(25)20(26)23-21(13-24)9-3-4-10-21/h5-8,11,24H,3-4,9-10,12-13H2,1-2H3,(H,22,25)(H,23,26). The summed E-state index contributed by atoms with van der Waals surface area (Å²) < 4.78 is 11.0. The number of aliphatic hydroxyl groups excluding tert-OH is 1. The molecule has 0 aromatic heterocycles. The molecule has 150 valence electrons. The fraction of sp³-hybridized carbons (Fsp3) is 0.429. The molecule has 1 aliphatic heterocycles. The topological polar surface area (TPSA) is 96.9 Å². The van der Waals surface area contributed by atoms with Crippen LogP contribution < -0.4 is 15.4 Å². The Labute approximate surface area is 164 Å². The van der Waals surface area contributed by atoms with Crippen molar-refractivity contribution in [2.24, 2.45) is 0 Å². The van der Waals surface area contributed by atoms with Gasteiger partial charge in [-0.2, -0.15) is 0 Å². The molecular formula is C21H26N2O5. The van der Waals surface area contributed by atoms with Gasteiger partial charge in [-0.25, -0.2) is 0 Å². The molecule has 1 fully saturated rings. The maximum absolute atomic E-state index is 12.3. The second kappa shape index (κ2) is 8.48. The summed E-state index contributed by atoms with van der Waals surface area (Å²) in [5.41, 5.74) is 1.59. The van der Waals surface area contributed by atoms with Crippen molar-refractivity contribution in [1.82, 2.24) is 5.32 Å². The van der Waals surface area contributed by atoms with Crippen LogP contribution in [-0.4, -0.2) is 42.8 Å². The predicted molar refractivity (Wildman–Crippen MR) is 106 cm³/mol. The number of benzene rings is 1. The highest BCUT2D eigenvalue weighted by Gasteiger charge is 2.36. The molecule has 7 heteroatoms. The molecule has 7 nitrogen and oxygen atoms in total. The van der Waals surface area contributed by atoms with Crippen LogP contribution in [0.1, 0.15) is 38.2 Å². The van der Waals surface area contributed by atoms with Crippen LogP contribution in [0.15, 0.2) is 36.1 Å². The van der Waals surface area contributed by atoms with Gasteiger partial charge in [0.15, 0.2) is 0 Å². The zero-order valence-electron chi connectivity index (χ0n) is 16.2. The average Bonchev–Trinajstić information content (AvgIpc) is 3.17. The highest BCUT2D eigenvalue weighted by atomic mass is 16.5. The molecule has 1 aromatic rings. The van der Waals surface area contributed by atoms with Gasteiger partial charge < -0.3 is 25.2 Å². The number of carbonyl (C=O) groups excluding carboxylic acids is 2. The van der Waals surface area contributed by atoms with Gasteiger partial charge in [0.1, 0.15) is 12.4 Å². The molecular weight excluding hydrogens is 360 g/mol. The van der Waals surface area contributed by atoms with E-state index in [0.29, 0.717) is 30.9 Å². The summed E-state index contributed by atoms with van der Waals surface area (Å²) in [6.07, 6.45) is 7.06. The molecule has 0 bridgehead atoms. The van der Waals surface area contributed by atoms with Gasteiger partial charge in [0.05, 0.1) is 25.0 Å². The van der Waals surface area contributed by atoms with Crippen LogP contribution >= 0.6 is 0 Å². The number of nitrogens with one attached hydrogen (secondary N) is 2. The highest BCUT2D eigenvalue weighted by Crippen LogP contribution is 2.32. The summed E-state index contributed by atoms with van der Waals surface area (Å²) in [5, 5.41) is 14.9. The van der Waals surface area contributed by atoms with E-state index in [9.17, 15) is 14.7 Å². The van der Waals surface area contributed by atoms with Crippen molar-refractivity contribution in [2.75, 3.05) is 25.6 Å². The number of amides is 2. The fourth-order valence-electron chi connectivity index (χ4n) is 3.57. The third-order valence-electron chi connectivity index (χ3n) is 5.23. The van der Waals surface area contributed by atoms with Gasteiger partial charge in [-0.05, 0) is 38.0 Å². The number of allylic oxidation sites excluding steroid dienone is 3. The molecule has 1 saturated carbocycles. The van der Waals surface area contributed by atoms with Crippen molar-refractivity contribution >= 4 is 23.1 Å². The zero-order valence-corrected chi connectivity index (χ0v) is 16.2. The Morgan fingerprint density at radius 1 is 1.21 bits per heavy atom. The molecule has 2 aliphatic rings. The average molecular weight is 386 g/mol. The van der Waals surface area contributed by atoms with E-state index in [1.807, 2.05) is 25.1 Å². The Morgan fingerprint density at radius 2 is 1.96 bits per heavy atom. The van der Waals surface area contributed by atoms with Crippen LogP contribution in [0.5, 0.6) is 5.75 Å². The lowest BCUT2D eigenvalue weighted by atomic mass is 9.99. The molecule has 1 heterocycles. The predicted octanol–water partition coefficient (Wildman–Crippen LogP) is 2.37. The summed E-state index contributed by atoms with van der Waals surface area (Å²) in [6.45, 7) is 2.16. The first-order chi connectivity index (χ1) is 13.5. The van der Waals surface area contributed by atoms with Crippen molar-refractivity contribution in [3.8, 4) is 5.75 Å². The summed E-state index contributed by atoms with van der Waals surface area (Å²) in [6, 6.07) is 5.21. The number of methoxy groups -OCH3 is 1. The molecule has 1 aromatic carbocycles. The highest BCUT2D eigenvalue weighted by molar-refractivity contribution is 6.39. The molecule has 28 heavy (non-hydrogen) atoms. The Morgan fingerprint density at radius 3 is 2.57 bits per heavy atom. The summed E-state index contributed by atoms with van der Waals surface area (Å²) >= 11 is 0. The van der Waals surface area contributed by atoms with Gasteiger partial charge >= 0.3 is 11.8 Å². The number of rotatable bonds is 5. The first kappa shape index (κ1) is 19.9. The van der Waals surface area contributed by atoms with E-state index in [1.165, 1.54) is 0 Å². The second-order valence-corrected chi connectivity index (χ2v) is 7.23. The van der Waals surface area contributed by atoms with E-state index in [1.54, 1.807) is 19.2 Å². The number of carbonyl (C=O) groups is 2. The Bertz CT molecular complexity index is 822. The van der Waals surface area contributed by atoms with Crippen LogP contribution in [0.2, 0.25) is 0 Å². The Kier molecular flexibility index (Phi) is 6.04. The lowest BCUT2D eigenvalue weighted by Gasteiger charge is -2.27. The lowest BCUT2D eigenvalue weighted by Crippen LogP contribution is -2.52. The number of hydrogen-bond acceptors (Lipinski definition) is 5. The lowest BCUT2D eigenvalue weighted by molar-refractivity contribution is -0.137. The second-order valence-electron chi connectivity index (χ2n) is 7.23. The van der Waals surface area contributed by atoms with Crippen LogP contribution in [0, 0.1) is 0 Å². The van der Waals surface area contributed by atoms with E-state index in [-0.39, 0.29) is 6.61 Å². The molecule has 0 saturated heterocycles. The van der Waals surface area contributed by atoms with Gasteiger partial charge in [0.2, 0.25) is 0 Å². The van der Waals surface area contributed by atoms with E-state index >= 15 is 0 Å². The third-order valence-corrected chi connectivity index (χ3v) is 5.23. The summed E-state index contributed by atoms with van der Waals surface area (Å²) in [4.78, 5) is 24.6. The van der Waals surface area contributed by atoms with E-state index < -0.39 is 17.4 Å². The van der Waals surface area contributed by atoms with Crippen LogP contribution in [0.25, 0.3) is 5.57 Å². The Balaban J connectivity index is 1.70. The maximum Gasteiger partial charge on any atom is 0.313 e. The first-order valence-electron chi connectivity index (χ1n) is 9.39. The molecule has 0 radical (unpaired) electrons. The molecule has 1 aliphatic carbocycles. The molecule has 0 unspecified atom stereocenters. The number of hydrogen-bond donors (Lipinski definition) is 3.